The molecule has 0 unspecified atom stereocenters. The summed E-state index contributed by atoms with van der Waals surface area (Å²) < 4.78 is 5.07. The highest BCUT2D eigenvalue weighted by atomic mass is 16.5. The lowest BCUT2D eigenvalue weighted by Gasteiger charge is -2.28. The first-order valence-electron chi connectivity index (χ1n) is 5.94. The van der Waals surface area contributed by atoms with E-state index in [-0.39, 0.29) is 5.91 Å². The summed E-state index contributed by atoms with van der Waals surface area (Å²) in [6.45, 7) is 9.20. The van der Waals surface area contributed by atoms with Gasteiger partial charge in [-0.2, -0.15) is 0 Å². The zero-order valence-electron chi connectivity index (χ0n) is 10.5. The average molecular weight is 234 g/mol. The van der Waals surface area contributed by atoms with Gasteiger partial charge in [-0.1, -0.05) is 17.3 Å². The third-order valence-corrected chi connectivity index (χ3v) is 3.23. The molecular formula is C13H18N2O2. The van der Waals surface area contributed by atoms with Crippen LogP contribution in [0.25, 0.3) is 0 Å². The summed E-state index contributed by atoms with van der Waals surface area (Å²) in [5, 5.41) is 3.87. The maximum Gasteiger partial charge on any atom is 0.227 e. The second kappa shape index (κ2) is 4.73. The third-order valence-electron chi connectivity index (χ3n) is 3.23. The van der Waals surface area contributed by atoms with Gasteiger partial charge in [0.25, 0.3) is 0 Å². The highest BCUT2D eigenvalue weighted by molar-refractivity contribution is 5.79. The molecule has 17 heavy (non-hydrogen) atoms. The topological polar surface area (TPSA) is 46.3 Å². The van der Waals surface area contributed by atoms with Gasteiger partial charge in [0.05, 0.1) is 12.1 Å². The molecule has 0 bridgehead atoms. The fourth-order valence-electron chi connectivity index (χ4n) is 2.18. The van der Waals surface area contributed by atoms with Crippen molar-refractivity contribution in [2.75, 3.05) is 13.1 Å². The molecule has 2 rings (SSSR count). The van der Waals surface area contributed by atoms with Gasteiger partial charge < -0.3 is 9.42 Å². The number of rotatable bonds is 2. The fraction of sp³-hybridized carbons (Fsp3) is 0.538. The van der Waals surface area contributed by atoms with Crippen molar-refractivity contribution in [1.82, 2.24) is 10.1 Å². The van der Waals surface area contributed by atoms with Crippen molar-refractivity contribution in [3.8, 4) is 0 Å². The second-order valence-electron chi connectivity index (χ2n) is 4.65. The Morgan fingerprint density at radius 3 is 2.88 bits per heavy atom. The molecule has 1 aliphatic rings. The van der Waals surface area contributed by atoms with Gasteiger partial charge >= 0.3 is 0 Å². The monoisotopic (exact) mass is 234 g/mol. The highest BCUT2D eigenvalue weighted by Crippen LogP contribution is 2.17. The van der Waals surface area contributed by atoms with E-state index in [4.69, 9.17) is 4.52 Å². The van der Waals surface area contributed by atoms with Gasteiger partial charge in [0.15, 0.2) is 0 Å². The van der Waals surface area contributed by atoms with E-state index in [0.29, 0.717) is 13.0 Å². The molecule has 2 heterocycles. The Morgan fingerprint density at radius 2 is 2.29 bits per heavy atom. The van der Waals surface area contributed by atoms with Crippen molar-refractivity contribution >= 4 is 5.91 Å². The molecule has 1 fully saturated rings. The van der Waals surface area contributed by atoms with Crippen LogP contribution in [-0.4, -0.2) is 29.1 Å². The minimum absolute atomic E-state index is 0.139. The quantitative estimate of drug-likeness (QED) is 0.735. The van der Waals surface area contributed by atoms with Crippen molar-refractivity contribution < 1.29 is 9.32 Å². The first-order chi connectivity index (χ1) is 8.08. The van der Waals surface area contributed by atoms with E-state index in [1.807, 2.05) is 18.7 Å². The first-order valence-corrected chi connectivity index (χ1v) is 5.94. The van der Waals surface area contributed by atoms with E-state index < -0.39 is 0 Å². The van der Waals surface area contributed by atoms with Crippen molar-refractivity contribution in [3.05, 3.63) is 29.2 Å². The predicted octanol–water partition coefficient (Wildman–Crippen LogP) is 2.01. The van der Waals surface area contributed by atoms with Crippen LogP contribution in [0.15, 0.2) is 16.7 Å². The van der Waals surface area contributed by atoms with E-state index >= 15 is 0 Å². The zero-order valence-corrected chi connectivity index (χ0v) is 10.5. The first kappa shape index (κ1) is 11.9. The van der Waals surface area contributed by atoms with Gasteiger partial charge in [0, 0.05) is 18.7 Å². The summed E-state index contributed by atoms with van der Waals surface area (Å²) in [4.78, 5) is 14.0. The molecule has 1 aromatic rings. The third kappa shape index (κ3) is 2.57. The van der Waals surface area contributed by atoms with E-state index in [2.05, 4.69) is 11.7 Å². The molecule has 1 amide bonds. The zero-order chi connectivity index (χ0) is 12.4. The molecule has 1 aliphatic heterocycles. The molecule has 92 valence electrons. The van der Waals surface area contributed by atoms with Crippen LogP contribution in [0.5, 0.6) is 0 Å². The molecule has 0 saturated carbocycles. The molecule has 4 nitrogen and oxygen atoms in total. The highest BCUT2D eigenvalue weighted by Gasteiger charge is 2.21. The Bertz CT molecular complexity index is 429. The Hall–Kier alpha value is -1.58. The van der Waals surface area contributed by atoms with Crippen molar-refractivity contribution in [2.24, 2.45) is 0 Å². The molecule has 1 saturated heterocycles. The number of hydrogen-bond acceptors (Lipinski definition) is 3. The molecule has 0 spiro atoms. The Balaban J connectivity index is 2.04. The lowest BCUT2D eigenvalue weighted by molar-refractivity contribution is -0.130. The van der Waals surface area contributed by atoms with Crippen LogP contribution in [0.4, 0.5) is 0 Å². The van der Waals surface area contributed by atoms with Gasteiger partial charge in [-0.3, -0.25) is 4.79 Å². The maximum absolute atomic E-state index is 12.1. The summed E-state index contributed by atoms with van der Waals surface area (Å²) in [6, 6.07) is 0. The van der Waals surface area contributed by atoms with E-state index in [1.165, 1.54) is 0 Å². The average Bonchev–Trinajstić information content (AvgIpc) is 2.61. The van der Waals surface area contributed by atoms with Crippen molar-refractivity contribution in [2.45, 2.75) is 33.1 Å². The molecule has 4 heteroatoms. The number of aryl methyl sites for hydroxylation is 2. The number of nitrogens with zero attached hydrogens (tertiary/aromatic N) is 2. The van der Waals surface area contributed by atoms with Crippen LogP contribution in [0.1, 0.15) is 29.9 Å². The minimum atomic E-state index is 0.139. The van der Waals surface area contributed by atoms with E-state index in [0.717, 1.165) is 42.0 Å². The van der Waals surface area contributed by atoms with Crippen LogP contribution in [-0.2, 0) is 11.2 Å². The number of aromatic nitrogens is 1. The Labute approximate surface area is 101 Å². The normalized spacial score (nSPS) is 16.4. The van der Waals surface area contributed by atoms with Gasteiger partial charge in [-0.15, -0.1) is 0 Å². The lowest BCUT2D eigenvalue weighted by atomic mass is 10.0. The summed E-state index contributed by atoms with van der Waals surface area (Å²) in [5.74, 6) is 0.881. The lowest BCUT2D eigenvalue weighted by Crippen LogP contribution is -2.37. The Kier molecular flexibility index (Phi) is 3.31. The van der Waals surface area contributed by atoms with Gasteiger partial charge in [-0.25, -0.2) is 0 Å². The minimum Gasteiger partial charge on any atom is -0.361 e. The smallest absolute Gasteiger partial charge is 0.227 e. The van der Waals surface area contributed by atoms with Crippen LogP contribution >= 0.6 is 0 Å². The molecule has 0 atom stereocenters. The Morgan fingerprint density at radius 1 is 1.53 bits per heavy atom. The van der Waals surface area contributed by atoms with Crippen LogP contribution in [0.2, 0.25) is 0 Å². The summed E-state index contributed by atoms with van der Waals surface area (Å²) in [5.41, 5.74) is 2.88. The van der Waals surface area contributed by atoms with Gasteiger partial charge in [0.1, 0.15) is 5.76 Å². The van der Waals surface area contributed by atoms with E-state index in [1.54, 1.807) is 0 Å². The number of piperidine rings is 1. The SMILES string of the molecule is C=C1CCCN(C(=O)Cc2c(C)noc2C)C1. The second-order valence-corrected chi connectivity index (χ2v) is 4.65. The maximum atomic E-state index is 12.1. The van der Waals surface area contributed by atoms with Crippen LogP contribution in [0.3, 0.4) is 0 Å². The largest absolute Gasteiger partial charge is 0.361 e. The van der Waals surface area contributed by atoms with Crippen molar-refractivity contribution in [1.29, 1.82) is 0 Å². The van der Waals surface area contributed by atoms with Crippen LogP contribution < -0.4 is 0 Å². The molecular weight excluding hydrogens is 216 g/mol. The molecule has 0 N–H and O–H groups in total. The number of amides is 1. The van der Waals surface area contributed by atoms with Gasteiger partial charge in [0.2, 0.25) is 5.91 Å². The molecule has 0 aliphatic carbocycles. The summed E-state index contributed by atoms with van der Waals surface area (Å²) in [7, 11) is 0. The number of carbonyl (C=O) groups excluding carboxylic acids is 1. The summed E-state index contributed by atoms with van der Waals surface area (Å²) in [6.07, 6.45) is 2.44. The fourth-order valence-corrected chi connectivity index (χ4v) is 2.18. The number of carbonyl (C=O) groups is 1. The van der Waals surface area contributed by atoms with Gasteiger partial charge in [-0.05, 0) is 26.7 Å². The predicted molar refractivity (Wildman–Crippen MR) is 64.6 cm³/mol. The van der Waals surface area contributed by atoms with E-state index in [9.17, 15) is 4.79 Å². The number of likely N-dealkylation sites (tertiary alicyclic amines) is 1. The standard InChI is InChI=1S/C13H18N2O2/c1-9-5-4-6-15(8-9)13(16)7-12-10(2)14-17-11(12)3/h1,4-8H2,2-3H3. The molecule has 0 aromatic carbocycles. The number of hydrogen-bond donors (Lipinski definition) is 0. The molecule has 1 aromatic heterocycles. The summed E-state index contributed by atoms with van der Waals surface area (Å²) >= 11 is 0. The van der Waals surface area contributed by atoms with Crippen molar-refractivity contribution in [3.63, 3.8) is 0 Å². The molecule has 0 radical (unpaired) electrons. The van der Waals surface area contributed by atoms with Crippen LogP contribution in [0, 0.1) is 13.8 Å².